The molecule has 1 aromatic heterocycles. The van der Waals surface area contributed by atoms with Crippen molar-refractivity contribution < 1.29 is 29.3 Å². The molecule has 0 saturated heterocycles. The molecule has 0 unspecified atom stereocenters. The number of phenols is 1. The molecule has 2 N–H and O–H groups in total. The number of phenolic OH excluding ortho intramolecular Hbond substituents is 1. The zero-order valence-corrected chi connectivity index (χ0v) is 73.6. The summed E-state index contributed by atoms with van der Waals surface area (Å²) >= 11 is 0. The van der Waals surface area contributed by atoms with Gasteiger partial charge in [0.25, 0.3) is 17.4 Å². The third-order valence-electron chi connectivity index (χ3n) is 25.2. The highest BCUT2D eigenvalue weighted by Gasteiger charge is 2.40. The Morgan fingerprint density at radius 3 is 1.31 bits per heavy atom. The smallest absolute Gasteiger partial charge is 0.336 e. The molecule has 622 valence electrons. The van der Waals surface area contributed by atoms with Gasteiger partial charge in [-0.2, -0.15) is 0 Å². The molecule has 0 fully saturated rings. The Labute approximate surface area is 728 Å². The minimum atomic E-state index is -0.991. The number of aromatic carboxylic acids is 1. The molecule has 22 rings (SSSR count). The number of benzene rings is 19. The number of fused-ring (bicyclic) bond motifs is 6. The predicted molar refractivity (Wildman–Crippen MR) is 529 cm³/mol. The number of pyridine rings is 1. The van der Waals surface area contributed by atoms with E-state index in [1.54, 1.807) is 28.8 Å². The Kier molecular flexibility index (Phi) is 20.1. The zero-order valence-electron chi connectivity index (χ0n) is 73.6. The number of carbonyl (C=O) groups excluding carboxylic acids is 2. The molecular weight excluding hydrogens is 1540 g/mol. The molecule has 10 heteroatoms. The van der Waals surface area contributed by atoms with Crippen LogP contribution in [-0.2, 0) is 21.8 Å². The maximum atomic E-state index is 13.3. The number of aromatic nitrogens is 1. The monoisotopic (exact) mass is 1640 g/mol. The minimum Gasteiger partial charge on any atom is -0.508 e. The third-order valence-corrected chi connectivity index (χ3v) is 25.2. The number of rotatable bonds is 3. The van der Waals surface area contributed by atoms with E-state index in [4.69, 9.17) is 4.74 Å². The largest absolute Gasteiger partial charge is 0.508 e. The molecule has 0 radical (unpaired) electrons. The maximum absolute atomic E-state index is 13.3. The lowest BCUT2D eigenvalue weighted by Crippen LogP contribution is -2.51. The van der Waals surface area contributed by atoms with Gasteiger partial charge in [0.2, 0.25) is 0 Å². The van der Waals surface area contributed by atoms with Crippen LogP contribution >= 0.6 is 0 Å². The van der Waals surface area contributed by atoms with Crippen LogP contribution in [0.1, 0.15) is 170 Å². The van der Waals surface area contributed by atoms with Crippen LogP contribution in [0.4, 0.5) is 5.69 Å². The molecule has 0 spiro atoms. The van der Waals surface area contributed by atoms with Gasteiger partial charge in [0, 0.05) is 96.7 Å². The van der Waals surface area contributed by atoms with E-state index >= 15 is 0 Å². The van der Waals surface area contributed by atoms with Gasteiger partial charge in [0.05, 0.1) is 5.56 Å². The van der Waals surface area contributed by atoms with Crippen LogP contribution in [0.15, 0.2) is 272 Å². The summed E-state index contributed by atoms with van der Waals surface area (Å²) in [6, 6.07) is 91.6. The van der Waals surface area contributed by atoms with Crippen molar-refractivity contribution >= 4 is 182 Å². The van der Waals surface area contributed by atoms with E-state index in [0.29, 0.717) is 28.2 Å². The van der Waals surface area contributed by atoms with Crippen LogP contribution in [0.25, 0.3) is 159 Å². The average molecular weight is 1640 g/mol. The van der Waals surface area contributed by atoms with Gasteiger partial charge in [-0.3, -0.25) is 19.3 Å². The first-order chi connectivity index (χ1) is 58.9. The van der Waals surface area contributed by atoms with Crippen molar-refractivity contribution in [2.24, 2.45) is 0 Å². The fourth-order valence-electron chi connectivity index (χ4n) is 19.6. The van der Waals surface area contributed by atoms with E-state index in [2.05, 4.69) is 256 Å². The minimum absolute atomic E-state index is 0. The Hall–Kier alpha value is -14.0. The molecule has 0 aliphatic carbocycles. The van der Waals surface area contributed by atoms with Gasteiger partial charge in [-0.15, -0.1) is 0 Å². The normalized spacial score (nSPS) is 13.0. The fraction of sp³-hybridized carbons (Fsp3) is 0.200. The third kappa shape index (κ3) is 13.9. The van der Waals surface area contributed by atoms with E-state index < -0.39 is 11.5 Å². The van der Waals surface area contributed by atoms with Gasteiger partial charge in [-0.1, -0.05) is 289 Å². The van der Waals surface area contributed by atoms with Gasteiger partial charge in [0.1, 0.15) is 17.2 Å². The SMILES string of the molecule is C.C=c1c2ccc(N(C)C)c3cccc(c(=O)n1C(C)(C)C)c32.C=c1ccc2c(c1)Oc1cc(O)ccc1C=2c1cc(C(C)(C)C)ccc1C(=O)O.CC(C)(C)N1C(=O)c2ccc3c4cccc5cccc(c6ccc(c2c36)C1=O)c54.CC(C)(C)c1ccc2c3cccc4cccc(c5cccc1c52)c43.CC(C)(C)c1ccc2ccc3cccc4ccc1c2c34. The lowest BCUT2D eigenvalue weighted by Gasteiger charge is -2.37. The van der Waals surface area contributed by atoms with Crippen molar-refractivity contribution in [3.8, 4) is 17.2 Å². The molecular formula is C115H105N3O7. The number of aromatic hydroxyl groups is 1. The molecule has 0 atom stereocenters. The summed E-state index contributed by atoms with van der Waals surface area (Å²) in [5.41, 5.74) is 7.91. The molecule has 2 amide bonds. The number of carbonyl (C=O) groups is 3. The number of ether oxygens (including phenoxy) is 1. The number of hydrogen-bond donors (Lipinski definition) is 2. The van der Waals surface area contributed by atoms with Crippen LogP contribution in [0.3, 0.4) is 0 Å². The summed E-state index contributed by atoms with van der Waals surface area (Å²) in [6.07, 6.45) is 0. The van der Waals surface area contributed by atoms with E-state index in [1.807, 2.05) is 122 Å². The standard InChI is InChI=1S/C26H19NO2.C25H22O4.C24H20.C20H18.C19H22N2O.CH4/c1-26(2,3)27-24(28)19-12-10-17-15-8-4-6-14-7-5-9-16(21(14)15)18-11-13-20(25(27)29)23(19)22(17)18;1-14-5-8-18-21(11-14)29-22-13-16(26)7-10-19(22)23(18)20-12-15(25(2,3)4)6-9-17(20)24(27)28;1-24(2,3)21-14-13-19-17-10-5-8-15-7-4-9-16(22(15)17)18-11-6-12-20(21)23(18)19;1-20(2,3)17-12-10-15-8-7-13-5-4-6-14-9-11-16(17)19(15)18(13)14;1-12-13-10-11-16(20(5)6)14-8-7-9-15(17(13)14)18(22)21(12)19(2,3)4;/h4-13H,1-3H3;5-13,26H,1H2,2-4H3,(H,27,28);4-14H,1-3H3;4-12H,1-3H3;7-11H,1H2,2-6H3;1H4. The quantitative estimate of drug-likeness (QED) is 0.102. The first kappa shape index (κ1) is 83.3. The van der Waals surface area contributed by atoms with Crippen molar-refractivity contribution in [2.45, 2.75) is 139 Å². The van der Waals surface area contributed by atoms with Crippen molar-refractivity contribution in [3.05, 3.63) is 338 Å². The summed E-state index contributed by atoms with van der Waals surface area (Å²) in [5.74, 6) is -0.264. The molecule has 3 heterocycles. The number of anilines is 1. The molecule has 2 aliphatic heterocycles. The van der Waals surface area contributed by atoms with Crippen LogP contribution in [0.5, 0.6) is 17.2 Å². The molecule has 2 aliphatic rings. The average Bonchev–Trinajstić information content (AvgIpc) is 0.680. The highest BCUT2D eigenvalue weighted by molar-refractivity contribution is 6.39. The number of nitrogens with zero attached hydrogens (tertiary/aromatic N) is 3. The topological polar surface area (TPSA) is 129 Å². The molecule has 0 bridgehead atoms. The van der Waals surface area contributed by atoms with Crippen LogP contribution < -0.4 is 31.0 Å². The van der Waals surface area contributed by atoms with Crippen molar-refractivity contribution in [2.75, 3.05) is 19.0 Å². The highest BCUT2D eigenvalue weighted by Crippen LogP contribution is 2.48. The van der Waals surface area contributed by atoms with Crippen LogP contribution in [-0.4, -0.2) is 57.1 Å². The molecule has 20 aromatic rings. The van der Waals surface area contributed by atoms with E-state index in [1.165, 1.54) is 102 Å². The highest BCUT2D eigenvalue weighted by atomic mass is 16.5. The summed E-state index contributed by atoms with van der Waals surface area (Å²) < 4.78 is 7.83. The predicted octanol–water partition coefficient (Wildman–Crippen LogP) is 26.9. The maximum Gasteiger partial charge on any atom is 0.336 e. The van der Waals surface area contributed by atoms with Gasteiger partial charge >= 0.3 is 5.97 Å². The van der Waals surface area contributed by atoms with E-state index in [-0.39, 0.29) is 57.9 Å². The number of carboxylic acids is 1. The van der Waals surface area contributed by atoms with E-state index in [0.717, 1.165) is 92.0 Å². The van der Waals surface area contributed by atoms with Crippen LogP contribution in [0, 0.1) is 0 Å². The molecule has 19 aromatic carbocycles. The first-order valence-corrected chi connectivity index (χ1v) is 42.6. The number of hydrogen-bond acceptors (Lipinski definition) is 7. The summed E-state index contributed by atoms with van der Waals surface area (Å²) in [7, 11) is 4.04. The second-order valence-corrected chi connectivity index (χ2v) is 38.8. The summed E-state index contributed by atoms with van der Waals surface area (Å²) in [4.78, 5) is 55.2. The first-order valence-electron chi connectivity index (χ1n) is 42.6. The van der Waals surface area contributed by atoms with Crippen molar-refractivity contribution in [3.63, 3.8) is 0 Å². The van der Waals surface area contributed by atoms with Gasteiger partial charge in [-0.05, 0) is 253 Å². The summed E-state index contributed by atoms with van der Waals surface area (Å²) in [5, 5.41) is 54.1. The Balaban J connectivity index is 0.000000111. The zero-order chi connectivity index (χ0) is 87.6. The van der Waals surface area contributed by atoms with Gasteiger partial charge in [-0.25, -0.2) is 4.79 Å². The lowest BCUT2D eigenvalue weighted by atomic mass is 9.80. The number of amides is 2. The molecule has 0 saturated carbocycles. The van der Waals surface area contributed by atoms with Gasteiger partial charge in [0.15, 0.2) is 0 Å². The summed E-state index contributed by atoms with van der Waals surface area (Å²) in [6.45, 7) is 40.0. The number of carboxylic acid groups (broad SMARTS) is 1. The van der Waals surface area contributed by atoms with Crippen molar-refractivity contribution in [1.29, 1.82) is 0 Å². The Morgan fingerprint density at radius 1 is 0.360 bits per heavy atom. The fourth-order valence-corrected chi connectivity index (χ4v) is 19.6. The molecule has 125 heavy (non-hydrogen) atoms. The molecule has 10 nitrogen and oxygen atoms in total. The lowest BCUT2D eigenvalue weighted by molar-refractivity contribution is 0.0459. The Morgan fingerprint density at radius 2 is 0.784 bits per heavy atom. The van der Waals surface area contributed by atoms with Crippen molar-refractivity contribution in [1.82, 2.24) is 9.47 Å². The second-order valence-electron chi connectivity index (χ2n) is 38.8. The second kappa shape index (κ2) is 30.2. The van der Waals surface area contributed by atoms with Crippen LogP contribution in [0.2, 0.25) is 0 Å². The Bertz CT molecular complexity index is 7910. The van der Waals surface area contributed by atoms with Gasteiger partial charge < -0.3 is 24.4 Å². The number of imide groups is 1. The van der Waals surface area contributed by atoms with E-state index in [9.17, 15) is 29.4 Å².